The van der Waals surface area contributed by atoms with Crippen molar-refractivity contribution < 1.29 is 14.0 Å². The smallest absolute Gasteiger partial charge is 0.247 e. The van der Waals surface area contributed by atoms with E-state index in [1.807, 2.05) is 85.8 Å². The molecule has 0 aliphatic carbocycles. The number of nitrogens with one attached hydrogen (secondary N) is 1. The van der Waals surface area contributed by atoms with Gasteiger partial charge in [-0.05, 0) is 42.3 Å². The molecule has 3 aromatic carbocycles. The van der Waals surface area contributed by atoms with Crippen molar-refractivity contribution in [1.82, 2.24) is 25.2 Å². The number of rotatable bonds is 9. The molecule has 8 nitrogen and oxygen atoms in total. The van der Waals surface area contributed by atoms with Crippen LogP contribution < -0.4 is 5.32 Å². The average Bonchev–Trinajstić information content (AvgIpc) is 3.59. The number of nitrogens with zero attached hydrogens (tertiary/aromatic N) is 4. The van der Waals surface area contributed by atoms with Crippen molar-refractivity contribution in [2.45, 2.75) is 32.6 Å². The Labute approximate surface area is 214 Å². The predicted molar refractivity (Wildman–Crippen MR) is 139 cm³/mol. The van der Waals surface area contributed by atoms with Crippen LogP contribution in [-0.2, 0) is 29.2 Å². The van der Waals surface area contributed by atoms with E-state index in [4.69, 9.17) is 4.42 Å². The molecule has 2 amide bonds. The van der Waals surface area contributed by atoms with Gasteiger partial charge in [0.2, 0.25) is 11.8 Å². The molecule has 2 aromatic heterocycles. The predicted octanol–water partition coefficient (Wildman–Crippen LogP) is 4.42. The molecule has 1 unspecified atom stereocenters. The Morgan fingerprint density at radius 1 is 0.946 bits per heavy atom. The van der Waals surface area contributed by atoms with Gasteiger partial charge in [-0.2, -0.15) is 0 Å². The van der Waals surface area contributed by atoms with Gasteiger partial charge >= 0.3 is 0 Å². The third kappa shape index (κ3) is 5.59. The summed E-state index contributed by atoms with van der Waals surface area (Å²) in [5, 5.41) is 11.3. The summed E-state index contributed by atoms with van der Waals surface area (Å²) in [6.45, 7) is 2.42. The number of fused-ring (bicyclic) bond motifs is 1. The lowest BCUT2D eigenvalue weighted by Gasteiger charge is -2.31. The highest BCUT2D eigenvalue weighted by molar-refractivity contribution is 5.89. The second-order valence-electron chi connectivity index (χ2n) is 8.85. The van der Waals surface area contributed by atoms with Crippen LogP contribution in [0.5, 0.6) is 0 Å². The number of furan rings is 1. The van der Waals surface area contributed by atoms with Gasteiger partial charge in [-0.3, -0.25) is 9.59 Å². The highest BCUT2D eigenvalue weighted by atomic mass is 16.3. The summed E-state index contributed by atoms with van der Waals surface area (Å²) < 4.78 is 6.95. The van der Waals surface area contributed by atoms with Crippen LogP contribution in [0.1, 0.15) is 28.5 Å². The fourth-order valence-electron chi connectivity index (χ4n) is 4.26. The summed E-state index contributed by atoms with van der Waals surface area (Å²) >= 11 is 0. The molecule has 5 aromatic rings. The molecule has 0 saturated heterocycles. The first-order valence-corrected chi connectivity index (χ1v) is 12.1. The topological polar surface area (TPSA) is 93.3 Å². The number of benzene rings is 3. The minimum Gasteiger partial charge on any atom is -0.467 e. The summed E-state index contributed by atoms with van der Waals surface area (Å²) in [5.41, 5.74) is 4.21. The van der Waals surface area contributed by atoms with Crippen LogP contribution in [0.2, 0.25) is 0 Å². The van der Waals surface area contributed by atoms with E-state index in [1.165, 1.54) is 0 Å². The monoisotopic (exact) mass is 493 g/mol. The summed E-state index contributed by atoms with van der Waals surface area (Å²) in [6, 6.07) is 27.5. The van der Waals surface area contributed by atoms with Crippen LogP contribution in [0.25, 0.3) is 11.0 Å². The zero-order chi connectivity index (χ0) is 25.6. The number of aryl methyl sites for hydroxylation is 1. The summed E-state index contributed by atoms with van der Waals surface area (Å²) in [4.78, 5) is 29.2. The molecule has 8 heteroatoms. The molecule has 2 heterocycles. The van der Waals surface area contributed by atoms with Crippen molar-refractivity contribution >= 4 is 22.8 Å². The van der Waals surface area contributed by atoms with Crippen molar-refractivity contribution in [3.63, 3.8) is 0 Å². The minimum absolute atomic E-state index is 0.0544. The van der Waals surface area contributed by atoms with Crippen LogP contribution >= 0.6 is 0 Å². The number of hydrogen-bond donors (Lipinski definition) is 1. The fourth-order valence-corrected chi connectivity index (χ4v) is 4.26. The van der Waals surface area contributed by atoms with E-state index < -0.39 is 6.04 Å². The third-order valence-electron chi connectivity index (χ3n) is 6.19. The molecule has 5 rings (SSSR count). The normalized spacial score (nSPS) is 11.8. The van der Waals surface area contributed by atoms with Gasteiger partial charge in [0.15, 0.2) is 0 Å². The van der Waals surface area contributed by atoms with E-state index in [0.29, 0.717) is 16.8 Å². The zero-order valence-corrected chi connectivity index (χ0v) is 20.4. The average molecular weight is 494 g/mol. The SMILES string of the molecule is Cc1ccc(CN(C(=O)Cn2nnc3ccccc32)C(C(=O)NCc2ccco2)c2ccccc2)cc1. The van der Waals surface area contributed by atoms with Crippen molar-refractivity contribution in [2.75, 3.05) is 0 Å². The van der Waals surface area contributed by atoms with Crippen molar-refractivity contribution in [3.05, 3.63) is 120 Å². The lowest BCUT2D eigenvalue weighted by Crippen LogP contribution is -2.44. The van der Waals surface area contributed by atoms with Gasteiger partial charge in [-0.25, -0.2) is 4.68 Å². The van der Waals surface area contributed by atoms with Gasteiger partial charge in [0.1, 0.15) is 23.9 Å². The Morgan fingerprint density at radius 3 is 2.46 bits per heavy atom. The number of amides is 2. The van der Waals surface area contributed by atoms with Crippen LogP contribution in [0.3, 0.4) is 0 Å². The molecule has 1 N–H and O–H groups in total. The highest BCUT2D eigenvalue weighted by Gasteiger charge is 2.32. The van der Waals surface area contributed by atoms with E-state index in [1.54, 1.807) is 28.0 Å². The standard InChI is InChI=1S/C29H27N5O3/c1-21-13-15-22(16-14-21)19-33(27(35)20-34-26-12-6-5-11-25(26)31-32-34)28(23-8-3-2-4-9-23)29(36)30-18-24-10-7-17-37-24/h2-17,28H,18-20H2,1H3,(H,30,36). The molecule has 0 fully saturated rings. The first-order valence-electron chi connectivity index (χ1n) is 12.1. The summed E-state index contributed by atoms with van der Waals surface area (Å²) in [5.74, 6) is 0.0791. The van der Waals surface area contributed by atoms with Crippen LogP contribution in [-0.4, -0.2) is 31.7 Å². The number of hydrogen-bond acceptors (Lipinski definition) is 5. The number of para-hydroxylation sites is 1. The molecular formula is C29H27N5O3. The molecule has 1 atom stereocenters. The second kappa shape index (κ2) is 10.9. The fraction of sp³-hybridized carbons (Fsp3) is 0.172. The maximum absolute atomic E-state index is 13.9. The van der Waals surface area contributed by atoms with Crippen LogP contribution in [0.4, 0.5) is 0 Å². The molecule has 0 spiro atoms. The number of aromatic nitrogens is 3. The molecule has 0 radical (unpaired) electrons. The molecule has 37 heavy (non-hydrogen) atoms. The van der Waals surface area contributed by atoms with Crippen molar-refractivity contribution in [2.24, 2.45) is 0 Å². The van der Waals surface area contributed by atoms with Gasteiger partial charge in [0, 0.05) is 6.54 Å². The Morgan fingerprint density at radius 2 is 1.70 bits per heavy atom. The largest absolute Gasteiger partial charge is 0.467 e. The van der Waals surface area contributed by atoms with E-state index >= 15 is 0 Å². The maximum atomic E-state index is 13.9. The lowest BCUT2D eigenvalue weighted by molar-refractivity contribution is -0.142. The molecule has 0 bridgehead atoms. The quantitative estimate of drug-likeness (QED) is 0.328. The second-order valence-corrected chi connectivity index (χ2v) is 8.85. The maximum Gasteiger partial charge on any atom is 0.247 e. The molecule has 0 aliphatic rings. The first kappa shape index (κ1) is 24.0. The Balaban J connectivity index is 1.50. The summed E-state index contributed by atoms with van der Waals surface area (Å²) in [6.07, 6.45) is 1.56. The Bertz CT molecular complexity index is 1480. The van der Waals surface area contributed by atoms with Gasteiger partial charge in [0.05, 0.1) is 18.3 Å². The van der Waals surface area contributed by atoms with Gasteiger partial charge in [0.25, 0.3) is 0 Å². The van der Waals surface area contributed by atoms with Crippen molar-refractivity contribution in [1.29, 1.82) is 0 Å². The van der Waals surface area contributed by atoms with Gasteiger partial charge < -0.3 is 14.6 Å². The Kier molecular flexibility index (Phi) is 7.07. The number of carbonyl (C=O) groups is 2. The molecular weight excluding hydrogens is 466 g/mol. The van der Waals surface area contributed by atoms with E-state index in [0.717, 1.165) is 16.6 Å². The van der Waals surface area contributed by atoms with Gasteiger partial charge in [-0.15, -0.1) is 5.10 Å². The minimum atomic E-state index is -0.861. The molecule has 0 aliphatic heterocycles. The van der Waals surface area contributed by atoms with Crippen LogP contribution in [0, 0.1) is 6.92 Å². The first-order chi connectivity index (χ1) is 18.1. The highest BCUT2D eigenvalue weighted by Crippen LogP contribution is 2.25. The van der Waals surface area contributed by atoms with Crippen LogP contribution in [0.15, 0.2) is 102 Å². The third-order valence-corrected chi connectivity index (χ3v) is 6.19. The number of carbonyl (C=O) groups excluding carboxylic acids is 2. The van der Waals surface area contributed by atoms with E-state index in [-0.39, 0.29) is 31.4 Å². The van der Waals surface area contributed by atoms with Crippen molar-refractivity contribution in [3.8, 4) is 0 Å². The summed E-state index contributed by atoms with van der Waals surface area (Å²) in [7, 11) is 0. The molecule has 0 saturated carbocycles. The van der Waals surface area contributed by atoms with E-state index in [2.05, 4.69) is 15.6 Å². The zero-order valence-electron chi connectivity index (χ0n) is 20.4. The molecule has 186 valence electrons. The Hall–Kier alpha value is -4.72. The van der Waals surface area contributed by atoms with E-state index in [9.17, 15) is 9.59 Å². The van der Waals surface area contributed by atoms with Gasteiger partial charge in [-0.1, -0.05) is 77.5 Å². The lowest BCUT2D eigenvalue weighted by atomic mass is 10.0.